The summed E-state index contributed by atoms with van der Waals surface area (Å²) in [5.74, 6) is 0.812. The Morgan fingerprint density at radius 3 is 1.37 bits per heavy atom. The average molecular weight is 694 g/mol. The molecule has 0 amide bonds. The molecule has 0 aliphatic heterocycles. The summed E-state index contributed by atoms with van der Waals surface area (Å²) in [7, 11) is -2.58. The Bertz CT molecular complexity index is 777. The smallest absolute Gasteiger partial charge is 0 e. The van der Waals surface area contributed by atoms with Crippen molar-refractivity contribution >= 4 is 30.0 Å². The molecule has 200 valence electrons. The minimum Gasteiger partial charge on any atom is -0.463 e. The molecule has 0 fully saturated rings. The van der Waals surface area contributed by atoms with Crippen molar-refractivity contribution in [1.29, 1.82) is 0 Å². The molecule has 2 nitrogen and oxygen atoms in total. The first kappa shape index (κ1) is 39.2. The number of nitrogens with zero attached hydrogens (tertiary/aromatic N) is 2. The summed E-state index contributed by atoms with van der Waals surface area (Å²) in [6.45, 7) is 42.2. The fourth-order valence-corrected chi connectivity index (χ4v) is 2.48. The fourth-order valence-electron chi connectivity index (χ4n) is 2.48. The number of benzene rings is 1. The summed E-state index contributed by atoms with van der Waals surface area (Å²) in [6, 6.07) is 10.7. The molecule has 0 radical (unpaired) electrons. The molecule has 35 heavy (non-hydrogen) atoms. The van der Waals surface area contributed by atoms with Gasteiger partial charge in [0.2, 0.25) is 0 Å². The molecular formula is C29H54HfN2Si3-4. The zero-order valence-corrected chi connectivity index (χ0v) is 32.1. The van der Waals surface area contributed by atoms with Gasteiger partial charge in [0.1, 0.15) is 0 Å². The average Bonchev–Trinajstić information content (AvgIpc) is 2.48. The Labute approximate surface area is 242 Å². The van der Waals surface area contributed by atoms with Crippen LogP contribution in [0.4, 0.5) is 5.82 Å². The van der Waals surface area contributed by atoms with E-state index in [4.69, 9.17) is 0 Å². The quantitative estimate of drug-likeness (QED) is 0.232. The normalized spacial score (nSPS) is 11.0. The molecule has 6 heteroatoms. The monoisotopic (exact) mass is 694 g/mol. The second-order valence-electron chi connectivity index (χ2n) is 13.1. The molecule has 0 N–H and O–H groups in total. The molecule has 1 heterocycles. The van der Waals surface area contributed by atoms with E-state index in [1.807, 2.05) is 12.1 Å². The molecule has 0 saturated carbocycles. The summed E-state index contributed by atoms with van der Waals surface area (Å²) in [5.41, 5.74) is 6.07. The van der Waals surface area contributed by atoms with Crippen LogP contribution in [0.25, 0.3) is 16.6 Å². The number of hydrogen-bond acceptors (Lipinski definition) is 1. The molecule has 0 spiro atoms. The molecular weight excluding hydrogens is 639 g/mol. The van der Waals surface area contributed by atoms with Gasteiger partial charge in [-0.2, -0.15) is 0 Å². The van der Waals surface area contributed by atoms with Crippen LogP contribution in [0.1, 0.15) is 30.5 Å². The van der Waals surface area contributed by atoms with Crippen LogP contribution in [0.2, 0.25) is 58.9 Å². The molecule has 1 aromatic heterocycles. The number of rotatable bonds is 3. The second kappa shape index (κ2) is 17.2. The Balaban J connectivity index is -0.000000528. The molecule has 0 unspecified atom stereocenters. The number of pyridine rings is 1. The van der Waals surface area contributed by atoms with Crippen LogP contribution in [0.5, 0.6) is 0 Å². The van der Waals surface area contributed by atoms with Gasteiger partial charge in [0.05, 0.1) is 0 Å². The number of hydrogen-bond donors (Lipinski definition) is 0. The van der Waals surface area contributed by atoms with Gasteiger partial charge in [0, 0.05) is 25.8 Å². The first-order valence-electron chi connectivity index (χ1n) is 12.3. The van der Waals surface area contributed by atoms with Crippen molar-refractivity contribution in [1.82, 2.24) is 4.98 Å². The summed E-state index contributed by atoms with van der Waals surface area (Å²) in [4.78, 5) is 4.67. The SMILES string of the molecule is Cc1cc(C)c(-c2cccc([N-]C(C)C)n2)c(C)c1.[CH2-][Si](C)(C)C.[CH2-][Si](C)(C)C.[CH2-][Si](C)(C)C.[Hf]. The Kier molecular flexibility index (Phi) is 19.3. The Morgan fingerprint density at radius 2 is 1.06 bits per heavy atom. The van der Waals surface area contributed by atoms with Crippen molar-refractivity contribution in [3.05, 3.63) is 72.0 Å². The maximum absolute atomic E-state index is 4.67. The Hall–Kier alpha value is -0.309. The zero-order chi connectivity index (χ0) is 27.5. The van der Waals surface area contributed by atoms with Crippen LogP contribution < -0.4 is 0 Å². The first-order valence-corrected chi connectivity index (χ1v) is 23.4. The van der Waals surface area contributed by atoms with Gasteiger partial charge >= 0.3 is 0 Å². The number of aryl methyl sites for hydroxylation is 3. The summed E-state index contributed by atoms with van der Waals surface area (Å²) in [6.07, 6.45) is 0. The molecule has 0 saturated heterocycles. The predicted molar refractivity (Wildman–Crippen MR) is 168 cm³/mol. The van der Waals surface area contributed by atoms with Crippen LogP contribution in [-0.2, 0) is 25.8 Å². The third-order valence-corrected chi connectivity index (χ3v) is 3.06. The van der Waals surface area contributed by atoms with Crippen molar-refractivity contribution in [2.75, 3.05) is 0 Å². The third-order valence-electron chi connectivity index (χ3n) is 3.06. The molecule has 2 aromatic rings. The molecule has 0 aliphatic carbocycles. The number of aromatic nitrogens is 1. The Morgan fingerprint density at radius 1 is 0.714 bits per heavy atom. The van der Waals surface area contributed by atoms with Crippen LogP contribution >= 0.6 is 0 Å². The van der Waals surface area contributed by atoms with Crippen molar-refractivity contribution in [2.45, 2.75) is 99.6 Å². The van der Waals surface area contributed by atoms with Crippen LogP contribution in [0.15, 0.2) is 30.3 Å². The largest absolute Gasteiger partial charge is 0.463 e. The van der Waals surface area contributed by atoms with E-state index in [9.17, 15) is 0 Å². The predicted octanol–water partition coefficient (Wildman–Crippen LogP) is 10.2. The third kappa shape index (κ3) is 29.8. The molecule has 0 aliphatic rings. The van der Waals surface area contributed by atoms with E-state index in [1.165, 1.54) is 22.3 Å². The van der Waals surface area contributed by atoms with Gasteiger partial charge in [-0.05, 0) is 49.2 Å². The minimum absolute atomic E-state index is 0. The van der Waals surface area contributed by atoms with Gasteiger partial charge in [-0.15, -0.1) is 24.2 Å². The van der Waals surface area contributed by atoms with E-state index < -0.39 is 24.2 Å². The van der Waals surface area contributed by atoms with Gasteiger partial charge in [-0.3, -0.25) is 0 Å². The first-order chi connectivity index (χ1) is 15.0. The molecule has 0 atom stereocenters. The maximum Gasteiger partial charge on any atom is 0 e. The summed E-state index contributed by atoms with van der Waals surface area (Å²) in [5, 5.41) is 4.51. The summed E-state index contributed by atoms with van der Waals surface area (Å²) >= 11 is 0. The molecule has 1 aromatic carbocycles. The standard InChI is InChI=1S/C17H21N2.3C4H11Si.Hf/c1-11(2)18-16-8-6-7-15(19-16)17-13(4)9-12(3)10-14(17)5;3*1-5(2,3)4;/h6-11H,1-5H3;3*1H2,2-4H3;/q4*-1;. The van der Waals surface area contributed by atoms with Gasteiger partial charge in [-0.1, -0.05) is 114 Å². The molecule has 0 bridgehead atoms. The maximum atomic E-state index is 4.67. The van der Waals surface area contributed by atoms with E-state index in [1.54, 1.807) is 0 Å². The van der Waals surface area contributed by atoms with E-state index in [0.29, 0.717) is 0 Å². The van der Waals surface area contributed by atoms with E-state index in [2.05, 4.69) is 142 Å². The van der Waals surface area contributed by atoms with Crippen molar-refractivity contribution in [3.63, 3.8) is 0 Å². The fraction of sp³-hybridized carbons (Fsp3) is 0.517. The van der Waals surface area contributed by atoms with E-state index >= 15 is 0 Å². The van der Waals surface area contributed by atoms with Crippen molar-refractivity contribution in [3.8, 4) is 11.3 Å². The van der Waals surface area contributed by atoms with Crippen LogP contribution in [0.3, 0.4) is 0 Å². The van der Waals surface area contributed by atoms with Crippen molar-refractivity contribution < 1.29 is 25.8 Å². The van der Waals surface area contributed by atoms with Crippen molar-refractivity contribution in [2.24, 2.45) is 0 Å². The topological polar surface area (TPSA) is 27.0 Å². The van der Waals surface area contributed by atoms with Crippen LogP contribution in [0, 0.1) is 40.4 Å². The zero-order valence-electron chi connectivity index (χ0n) is 25.5. The van der Waals surface area contributed by atoms with Gasteiger partial charge < -0.3 is 29.9 Å². The van der Waals surface area contributed by atoms with Crippen LogP contribution in [-0.4, -0.2) is 35.2 Å². The van der Waals surface area contributed by atoms with Gasteiger partial charge in [0.25, 0.3) is 0 Å². The van der Waals surface area contributed by atoms with E-state index in [0.717, 1.165) is 11.5 Å². The van der Waals surface area contributed by atoms with Gasteiger partial charge in [0.15, 0.2) is 0 Å². The minimum atomic E-state index is -0.861. The molecule has 2 rings (SSSR count). The second-order valence-corrected chi connectivity index (χ2v) is 28.4. The summed E-state index contributed by atoms with van der Waals surface area (Å²) < 4.78 is 0. The van der Waals surface area contributed by atoms with Gasteiger partial charge in [-0.25, -0.2) is 0 Å². The van der Waals surface area contributed by atoms with E-state index in [-0.39, 0.29) is 31.9 Å².